The van der Waals surface area contributed by atoms with E-state index in [4.69, 9.17) is 4.74 Å². The summed E-state index contributed by atoms with van der Waals surface area (Å²) in [6.45, 7) is 2.96. The maximum atomic E-state index is 9.89. The molecule has 13 heavy (non-hydrogen) atoms. The molecule has 0 aromatic heterocycles. The van der Waals surface area contributed by atoms with Gasteiger partial charge in [-0.2, -0.15) is 0 Å². The normalized spacial score (nSPS) is 32.5. The fourth-order valence-corrected chi connectivity index (χ4v) is 2.37. The summed E-state index contributed by atoms with van der Waals surface area (Å²) in [6, 6.07) is 0. The Balaban J connectivity index is 2.43. The van der Waals surface area contributed by atoms with E-state index in [2.05, 4.69) is 6.92 Å². The lowest BCUT2D eigenvalue weighted by Crippen LogP contribution is -2.27. The van der Waals surface area contributed by atoms with Crippen LogP contribution in [0.3, 0.4) is 0 Å². The summed E-state index contributed by atoms with van der Waals surface area (Å²) in [6.07, 6.45) is 5.82. The van der Waals surface area contributed by atoms with Gasteiger partial charge in [0, 0.05) is 13.7 Å². The van der Waals surface area contributed by atoms with Crippen LogP contribution in [0.4, 0.5) is 0 Å². The molecular formula is C11H22O2. The minimum absolute atomic E-state index is 0.0901. The topological polar surface area (TPSA) is 29.5 Å². The Labute approximate surface area is 81.3 Å². The molecule has 0 aromatic rings. The molecule has 0 bridgehead atoms. The van der Waals surface area contributed by atoms with Gasteiger partial charge in [0.05, 0.1) is 6.10 Å². The predicted octanol–water partition coefficient (Wildman–Crippen LogP) is 2.21. The van der Waals surface area contributed by atoms with Gasteiger partial charge in [-0.3, -0.25) is 0 Å². The minimum atomic E-state index is -0.0901. The van der Waals surface area contributed by atoms with Crippen molar-refractivity contribution in [1.29, 1.82) is 0 Å². The molecule has 1 rings (SSSR count). The zero-order valence-corrected chi connectivity index (χ0v) is 8.83. The Morgan fingerprint density at radius 1 is 1.31 bits per heavy atom. The summed E-state index contributed by atoms with van der Waals surface area (Å²) in [7, 11) is 1.74. The molecular weight excluding hydrogens is 164 g/mol. The fraction of sp³-hybridized carbons (Fsp3) is 1.00. The van der Waals surface area contributed by atoms with E-state index in [1.54, 1.807) is 7.11 Å². The summed E-state index contributed by atoms with van der Waals surface area (Å²) in [5.74, 6) is 0.959. The van der Waals surface area contributed by atoms with Crippen molar-refractivity contribution in [3.05, 3.63) is 0 Å². The van der Waals surface area contributed by atoms with Crippen molar-refractivity contribution in [2.75, 3.05) is 13.7 Å². The third kappa shape index (κ3) is 3.28. The molecule has 78 valence electrons. The lowest BCUT2D eigenvalue weighted by Gasteiger charge is -2.26. The average molecular weight is 186 g/mol. The van der Waals surface area contributed by atoms with E-state index in [1.807, 2.05) is 0 Å². The highest BCUT2D eigenvalue weighted by atomic mass is 16.5. The van der Waals surface area contributed by atoms with Gasteiger partial charge in [-0.15, -0.1) is 0 Å². The van der Waals surface area contributed by atoms with Gasteiger partial charge >= 0.3 is 0 Å². The number of aliphatic hydroxyl groups is 1. The summed E-state index contributed by atoms with van der Waals surface area (Å²) in [4.78, 5) is 0. The van der Waals surface area contributed by atoms with E-state index >= 15 is 0 Å². The minimum Gasteiger partial charge on any atom is -0.393 e. The van der Waals surface area contributed by atoms with Crippen LogP contribution in [0.15, 0.2) is 0 Å². The van der Waals surface area contributed by atoms with Gasteiger partial charge in [0.2, 0.25) is 0 Å². The number of hydrogen-bond acceptors (Lipinski definition) is 2. The highest BCUT2D eigenvalue weighted by Gasteiger charge is 2.26. The first-order valence-electron chi connectivity index (χ1n) is 5.42. The van der Waals surface area contributed by atoms with Crippen LogP contribution in [0.25, 0.3) is 0 Å². The molecule has 3 atom stereocenters. The van der Waals surface area contributed by atoms with E-state index in [-0.39, 0.29) is 6.10 Å². The molecule has 3 unspecified atom stereocenters. The summed E-state index contributed by atoms with van der Waals surface area (Å²) in [5.41, 5.74) is 0. The standard InChI is InChI=1S/C11H22O2/c1-9(8-13-2)10-6-4-3-5-7-11(10)12/h9-12H,3-8H2,1-2H3. The Morgan fingerprint density at radius 2 is 2.00 bits per heavy atom. The number of ether oxygens (including phenoxy) is 1. The van der Waals surface area contributed by atoms with Crippen molar-refractivity contribution in [3.8, 4) is 0 Å². The van der Waals surface area contributed by atoms with Crippen molar-refractivity contribution in [2.24, 2.45) is 11.8 Å². The summed E-state index contributed by atoms with van der Waals surface area (Å²) >= 11 is 0. The van der Waals surface area contributed by atoms with Crippen LogP contribution < -0.4 is 0 Å². The lowest BCUT2D eigenvalue weighted by atomic mass is 9.86. The van der Waals surface area contributed by atoms with Crippen molar-refractivity contribution in [2.45, 2.75) is 45.1 Å². The molecule has 1 fully saturated rings. The second-order valence-electron chi connectivity index (χ2n) is 4.30. The second kappa shape index (κ2) is 5.61. The Hall–Kier alpha value is -0.0800. The predicted molar refractivity (Wildman–Crippen MR) is 53.6 cm³/mol. The number of hydrogen-bond donors (Lipinski definition) is 1. The molecule has 1 saturated carbocycles. The molecule has 0 aliphatic heterocycles. The molecule has 2 heteroatoms. The molecule has 2 nitrogen and oxygen atoms in total. The molecule has 0 spiro atoms. The number of methoxy groups -OCH3 is 1. The van der Waals surface area contributed by atoms with E-state index in [0.717, 1.165) is 13.0 Å². The monoisotopic (exact) mass is 186 g/mol. The Morgan fingerprint density at radius 3 is 2.69 bits per heavy atom. The highest BCUT2D eigenvalue weighted by Crippen LogP contribution is 2.29. The number of rotatable bonds is 3. The molecule has 0 amide bonds. The SMILES string of the molecule is COCC(C)C1CCCCCC1O. The van der Waals surface area contributed by atoms with E-state index in [9.17, 15) is 5.11 Å². The highest BCUT2D eigenvalue weighted by molar-refractivity contribution is 4.77. The van der Waals surface area contributed by atoms with Gasteiger partial charge in [-0.05, 0) is 24.7 Å². The zero-order valence-electron chi connectivity index (χ0n) is 8.83. The third-order valence-electron chi connectivity index (χ3n) is 3.19. The van der Waals surface area contributed by atoms with E-state index < -0.39 is 0 Å². The van der Waals surface area contributed by atoms with Crippen LogP contribution >= 0.6 is 0 Å². The fourth-order valence-electron chi connectivity index (χ4n) is 2.37. The average Bonchev–Trinajstić information content (AvgIpc) is 2.30. The van der Waals surface area contributed by atoms with Gasteiger partial charge in [-0.1, -0.05) is 26.2 Å². The van der Waals surface area contributed by atoms with Crippen molar-refractivity contribution in [3.63, 3.8) is 0 Å². The first-order valence-corrected chi connectivity index (χ1v) is 5.42. The first kappa shape index (κ1) is 11.0. The Kier molecular flexibility index (Phi) is 4.74. The van der Waals surface area contributed by atoms with Crippen molar-refractivity contribution >= 4 is 0 Å². The summed E-state index contributed by atoms with van der Waals surface area (Å²) < 4.78 is 5.13. The van der Waals surface area contributed by atoms with E-state index in [0.29, 0.717) is 11.8 Å². The smallest absolute Gasteiger partial charge is 0.0571 e. The van der Waals surface area contributed by atoms with Gasteiger partial charge < -0.3 is 9.84 Å². The van der Waals surface area contributed by atoms with Crippen molar-refractivity contribution in [1.82, 2.24) is 0 Å². The van der Waals surface area contributed by atoms with Crippen molar-refractivity contribution < 1.29 is 9.84 Å². The molecule has 1 aliphatic rings. The third-order valence-corrected chi connectivity index (χ3v) is 3.19. The maximum Gasteiger partial charge on any atom is 0.0571 e. The van der Waals surface area contributed by atoms with Crippen LogP contribution in [0.2, 0.25) is 0 Å². The molecule has 0 saturated heterocycles. The van der Waals surface area contributed by atoms with Gasteiger partial charge in [0.25, 0.3) is 0 Å². The van der Waals surface area contributed by atoms with Crippen LogP contribution in [0, 0.1) is 11.8 Å². The molecule has 0 heterocycles. The number of aliphatic hydroxyl groups excluding tert-OH is 1. The Bertz CT molecular complexity index is 136. The van der Waals surface area contributed by atoms with Crippen LogP contribution in [0.5, 0.6) is 0 Å². The molecule has 1 aliphatic carbocycles. The van der Waals surface area contributed by atoms with E-state index in [1.165, 1.54) is 25.7 Å². The molecule has 0 aromatic carbocycles. The van der Waals surface area contributed by atoms with Gasteiger partial charge in [0.15, 0.2) is 0 Å². The first-order chi connectivity index (χ1) is 6.25. The molecule has 1 N–H and O–H groups in total. The van der Waals surface area contributed by atoms with Gasteiger partial charge in [-0.25, -0.2) is 0 Å². The lowest BCUT2D eigenvalue weighted by molar-refractivity contribution is 0.0382. The van der Waals surface area contributed by atoms with Gasteiger partial charge in [0.1, 0.15) is 0 Å². The maximum absolute atomic E-state index is 9.89. The van der Waals surface area contributed by atoms with Crippen LogP contribution in [0.1, 0.15) is 39.0 Å². The quantitative estimate of drug-likeness (QED) is 0.685. The summed E-state index contributed by atoms with van der Waals surface area (Å²) in [5, 5.41) is 9.89. The second-order valence-corrected chi connectivity index (χ2v) is 4.30. The largest absolute Gasteiger partial charge is 0.393 e. The van der Waals surface area contributed by atoms with Crippen LogP contribution in [-0.2, 0) is 4.74 Å². The molecule has 0 radical (unpaired) electrons. The zero-order chi connectivity index (χ0) is 9.68. The van der Waals surface area contributed by atoms with Crippen LogP contribution in [-0.4, -0.2) is 24.9 Å².